The number of sulfone groups is 1. The molecular weight excluding hydrogens is 456 g/mol. The lowest BCUT2D eigenvalue weighted by molar-refractivity contribution is -0.116. The smallest absolute Gasteiger partial charge is 0.261 e. The van der Waals surface area contributed by atoms with Gasteiger partial charge in [0.2, 0.25) is 5.91 Å². The van der Waals surface area contributed by atoms with Crippen LogP contribution in [0.15, 0.2) is 42.5 Å². The van der Waals surface area contributed by atoms with E-state index in [1.165, 1.54) is 0 Å². The molecule has 5 rings (SSSR count). The summed E-state index contributed by atoms with van der Waals surface area (Å²) in [5.41, 5.74) is 4.24. The third-order valence-electron chi connectivity index (χ3n) is 6.07. The molecule has 2 aliphatic heterocycles. The fourth-order valence-corrected chi connectivity index (χ4v) is 5.93. The molecule has 10 heteroatoms. The van der Waals surface area contributed by atoms with Gasteiger partial charge in [-0.1, -0.05) is 29.8 Å². The summed E-state index contributed by atoms with van der Waals surface area (Å²) in [4.78, 5) is 39.1. The van der Waals surface area contributed by atoms with Crippen LogP contribution in [0.5, 0.6) is 0 Å². The topological polar surface area (TPSA) is 118 Å². The van der Waals surface area contributed by atoms with E-state index >= 15 is 0 Å². The maximum atomic E-state index is 12.9. The minimum absolute atomic E-state index is 0.0869. The average Bonchev–Trinajstić information content (AvgIpc) is 3.34. The Kier molecular flexibility index (Phi) is 5.12. The normalized spacial score (nSPS) is 16.0. The second-order valence-electron chi connectivity index (χ2n) is 8.61. The Balaban J connectivity index is 1.39. The van der Waals surface area contributed by atoms with Crippen LogP contribution >= 0.6 is 0 Å². The lowest BCUT2D eigenvalue weighted by Gasteiger charge is -2.15. The van der Waals surface area contributed by atoms with Crippen LogP contribution in [0.25, 0.3) is 5.69 Å². The molecule has 9 nitrogen and oxygen atoms in total. The number of carbonyl (C=O) groups is 3. The number of aromatic nitrogens is 2. The molecule has 0 spiro atoms. The number of rotatable bonds is 5. The first-order valence-corrected chi connectivity index (χ1v) is 12.6. The molecule has 0 unspecified atom stereocenters. The lowest BCUT2D eigenvalue weighted by Crippen LogP contribution is -2.33. The van der Waals surface area contributed by atoms with Gasteiger partial charge in [0.1, 0.15) is 5.82 Å². The van der Waals surface area contributed by atoms with E-state index in [-0.39, 0.29) is 24.5 Å². The highest BCUT2D eigenvalue weighted by Gasteiger charge is 2.36. The zero-order valence-corrected chi connectivity index (χ0v) is 19.5. The summed E-state index contributed by atoms with van der Waals surface area (Å²) in [5, 5.41) is 7.28. The van der Waals surface area contributed by atoms with E-state index in [1.807, 2.05) is 32.0 Å². The van der Waals surface area contributed by atoms with Crippen molar-refractivity contribution in [2.24, 2.45) is 0 Å². The van der Waals surface area contributed by atoms with Crippen molar-refractivity contribution < 1.29 is 22.8 Å². The number of anilines is 1. The van der Waals surface area contributed by atoms with Gasteiger partial charge >= 0.3 is 0 Å². The number of fused-ring (bicyclic) bond motifs is 2. The van der Waals surface area contributed by atoms with Crippen LogP contribution in [-0.4, -0.2) is 47.4 Å². The molecule has 2 aliphatic rings. The van der Waals surface area contributed by atoms with Crippen LogP contribution in [0.1, 0.15) is 49.5 Å². The minimum atomic E-state index is -3.33. The standard InChI is InChI=1S/C24H22N4O5S/c1-14-7-8-20(15(2)11-14)28-22(18-12-34(32,33)13-19(18)26-28)25-21(29)9-10-27-23(30)16-5-3-4-6-17(16)24(27)31/h3-8,11H,9-10,12-13H2,1-2H3,(H,25,29). The molecule has 2 aromatic carbocycles. The molecule has 0 radical (unpaired) electrons. The molecule has 0 fully saturated rings. The van der Waals surface area contributed by atoms with E-state index in [1.54, 1.807) is 28.9 Å². The minimum Gasteiger partial charge on any atom is -0.310 e. The van der Waals surface area contributed by atoms with E-state index < -0.39 is 27.6 Å². The van der Waals surface area contributed by atoms with E-state index in [0.717, 1.165) is 21.7 Å². The third-order valence-corrected chi connectivity index (χ3v) is 7.51. The van der Waals surface area contributed by atoms with E-state index in [2.05, 4.69) is 10.4 Å². The maximum absolute atomic E-state index is 12.9. The largest absolute Gasteiger partial charge is 0.310 e. The van der Waals surface area contributed by atoms with Crippen LogP contribution in [0.3, 0.4) is 0 Å². The molecular formula is C24H22N4O5S. The number of nitrogens with zero attached hydrogens (tertiary/aromatic N) is 3. The van der Waals surface area contributed by atoms with Gasteiger partial charge in [0.05, 0.1) is 34.0 Å². The molecule has 3 aromatic rings. The van der Waals surface area contributed by atoms with Crippen LogP contribution in [-0.2, 0) is 26.1 Å². The van der Waals surface area contributed by atoms with Gasteiger partial charge in [0.15, 0.2) is 9.84 Å². The molecule has 3 heterocycles. The monoisotopic (exact) mass is 478 g/mol. The first kappa shape index (κ1) is 22.0. The molecule has 0 bridgehead atoms. The summed E-state index contributed by atoms with van der Waals surface area (Å²) < 4.78 is 25.9. The van der Waals surface area contributed by atoms with Crippen molar-refractivity contribution in [2.75, 3.05) is 11.9 Å². The Labute approximate surface area is 196 Å². The highest BCUT2D eigenvalue weighted by Crippen LogP contribution is 2.34. The van der Waals surface area contributed by atoms with Gasteiger partial charge < -0.3 is 5.32 Å². The van der Waals surface area contributed by atoms with Crippen LogP contribution < -0.4 is 5.32 Å². The van der Waals surface area contributed by atoms with Crippen LogP contribution in [0.4, 0.5) is 5.82 Å². The van der Waals surface area contributed by atoms with Crippen molar-refractivity contribution in [1.29, 1.82) is 0 Å². The number of benzene rings is 2. The van der Waals surface area contributed by atoms with Gasteiger partial charge in [-0.3, -0.25) is 19.3 Å². The van der Waals surface area contributed by atoms with Gasteiger partial charge in [0.25, 0.3) is 11.8 Å². The molecule has 0 aliphatic carbocycles. The Hall–Kier alpha value is -3.79. The molecule has 0 saturated heterocycles. The number of imide groups is 1. The Bertz CT molecular complexity index is 1450. The van der Waals surface area contributed by atoms with Crippen molar-refractivity contribution in [3.05, 3.63) is 76.0 Å². The Morgan fingerprint density at radius 1 is 1.03 bits per heavy atom. The molecule has 34 heavy (non-hydrogen) atoms. The second-order valence-corrected chi connectivity index (χ2v) is 10.7. The van der Waals surface area contributed by atoms with Crippen molar-refractivity contribution in [3.63, 3.8) is 0 Å². The first-order chi connectivity index (χ1) is 16.1. The van der Waals surface area contributed by atoms with E-state index in [4.69, 9.17) is 0 Å². The number of hydrogen-bond acceptors (Lipinski definition) is 6. The SMILES string of the molecule is Cc1ccc(-n2nc3c(c2NC(=O)CCN2C(=O)c4ccccc4C2=O)CS(=O)(=O)C3)c(C)c1. The zero-order chi connectivity index (χ0) is 24.2. The summed E-state index contributed by atoms with van der Waals surface area (Å²) in [7, 11) is -3.33. The van der Waals surface area contributed by atoms with E-state index in [9.17, 15) is 22.8 Å². The van der Waals surface area contributed by atoms with Gasteiger partial charge in [-0.2, -0.15) is 5.10 Å². The molecule has 3 amide bonds. The van der Waals surface area contributed by atoms with Gasteiger partial charge in [-0.05, 0) is 37.6 Å². The number of nitrogens with one attached hydrogen (secondary N) is 1. The molecule has 174 valence electrons. The number of carbonyl (C=O) groups excluding carboxylic acids is 3. The van der Waals surface area contributed by atoms with Gasteiger partial charge in [-0.15, -0.1) is 0 Å². The van der Waals surface area contributed by atoms with E-state index in [0.29, 0.717) is 28.2 Å². The quantitative estimate of drug-likeness (QED) is 0.563. The molecule has 1 N–H and O–H groups in total. The van der Waals surface area contributed by atoms with Gasteiger partial charge in [-0.25, -0.2) is 13.1 Å². The fourth-order valence-electron chi connectivity index (χ4n) is 4.44. The number of aryl methyl sites for hydroxylation is 2. The predicted molar refractivity (Wildman–Crippen MR) is 124 cm³/mol. The summed E-state index contributed by atoms with van der Waals surface area (Å²) >= 11 is 0. The van der Waals surface area contributed by atoms with Crippen LogP contribution in [0.2, 0.25) is 0 Å². The number of amides is 3. The van der Waals surface area contributed by atoms with Crippen molar-refractivity contribution in [2.45, 2.75) is 31.8 Å². The number of hydrogen-bond donors (Lipinski definition) is 1. The molecule has 1 aromatic heterocycles. The summed E-state index contributed by atoms with van der Waals surface area (Å²) in [5.74, 6) is -1.40. The highest BCUT2D eigenvalue weighted by atomic mass is 32.2. The van der Waals surface area contributed by atoms with Crippen LogP contribution in [0, 0.1) is 13.8 Å². The van der Waals surface area contributed by atoms with Gasteiger partial charge in [0, 0.05) is 18.5 Å². The predicted octanol–water partition coefficient (Wildman–Crippen LogP) is 2.54. The second kappa shape index (κ2) is 7.91. The van der Waals surface area contributed by atoms with Crippen molar-refractivity contribution in [1.82, 2.24) is 14.7 Å². The molecule has 0 atom stereocenters. The van der Waals surface area contributed by atoms with Crippen molar-refractivity contribution in [3.8, 4) is 5.69 Å². The van der Waals surface area contributed by atoms with Crippen molar-refractivity contribution >= 4 is 33.4 Å². The zero-order valence-electron chi connectivity index (χ0n) is 18.7. The fraction of sp³-hybridized carbons (Fsp3) is 0.250. The maximum Gasteiger partial charge on any atom is 0.261 e. The molecule has 0 saturated carbocycles. The third kappa shape index (κ3) is 3.69. The lowest BCUT2D eigenvalue weighted by atomic mass is 10.1. The Morgan fingerprint density at radius 3 is 2.35 bits per heavy atom. The first-order valence-electron chi connectivity index (χ1n) is 10.8. The average molecular weight is 479 g/mol. The summed E-state index contributed by atoms with van der Waals surface area (Å²) in [6.45, 7) is 3.80. The highest BCUT2D eigenvalue weighted by molar-refractivity contribution is 7.90. The Morgan fingerprint density at radius 2 is 1.71 bits per heavy atom. The summed E-state index contributed by atoms with van der Waals surface area (Å²) in [6.07, 6.45) is -0.134. The summed E-state index contributed by atoms with van der Waals surface area (Å²) in [6, 6.07) is 12.3.